The first-order valence-corrected chi connectivity index (χ1v) is 10.1. The van der Waals surface area contributed by atoms with Crippen LogP contribution in [0.1, 0.15) is 5.56 Å². The van der Waals surface area contributed by atoms with Crippen LogP contribution >= 0.6 is 0 Å². The van der Waals surface area contributed by atoms with E-state index in [1.807, 2.05) is 48.8 Å². The number of benzene rings is 3. The molecular weight excluding hydrogens is 386 g/mol. The molecule has 4 aromatic rings. The highest BCUT2D eigenvalue weighted by molar-refractivity contribution is 5.77. The highest BCUT2D eigenvalue weighted by Gasteiger charge is 2.13. The van der Waals surface area contributed by atoms with Gasteiger partial charge >= 0.3 is 0 Å². The molecule has 0 aliphatic heterocycles. The van der Waals surface area contributed by atoms with Gasteiger partial charge in [-0.25, -0.2) is 0 Å². The zero-order valence-corrected chi connectivity index (χ0v) is 17.7. The van der Waals surface area contributed by atoms with E-state index < -0.39 is 0 Å². The fraction of sp³-hybridized carbons (Fsp3) is 0.115. The number of methoxy groups -OCH3 is 2. The van der Waals surface area contributed by atoms with Crippen molar-refractivity contribution in [1.82, 2.24) is 4.98 Å². The van der Waals surface area contributed by atoms with Gasteiger partial charge in [-0.05, 0) is 90.5 Å². The van der Waals surface area contributed by atoms with Crippen LogP contribution in [-0.4, -0.2) is 19.2 Å². The molecule has 0 saturated heterocycles. The van der Waals surface area contributed by atoms with Crippen molar-refractivity contribution in [3.05, 3.63) is 103 Å². The van der Waals surface area contributed by atoms with Crippen LogP contribution in [0.4, 0.5) is 22.7 Å². The summed E-state index contributed by atoms with van der Waals surface area (Å²) in [6.45, 7) is 0.753. The molecule has 1 N–H and O–H groups in total. The standard InChI is InChI=1S/C26H25N3O2/c1-30-25-11-7-23(8-12-25)29(24-9-13-26(31-2)14-10-24)22-5-3-21(4-6-22)28-19-20-15-17-27-18-16-20/h3-18,28H,19H2,1-2H3. The Balaban J connectivity index is 1.60. The summed E-state index contributed by atoms with van der Waals surface area (Å²) in [6, 6.07) is 28.5. The van der Waals surface area contributed by atoms with Crippen molar-refractivity contribution < 1.29 is 9.47 Å². The molecule has 4 rings (SSSR count). The Morgan fingerprint density at radius 3 is 1.55 bits per heavy atom. The monoisotopic (exact) mass is 411 g/mol. The van der Waals surface area contributed by atoms with Gasteiger partial charge in [0.2, 0.25) is 0 Å². The van der Waals surface area contributed by atoms with Crippen LogP contribution in [-0.2, 0) is 6.54 Å². The van der Waals surface area contributed by atoms with E-state index in [0.29, 0.717) is 0 Å². The van der Waals surface area contributed by atoms with E-state index in [1.54, 1.807) is 14.2 Å². The molecule has 0 aliphatic carbocycles. The van der Waals surface area contributed by atoms with E-state index in [2.05, 4.69) is 63.7 Å². The van der Waals surface area contributed by atoms with Crippen LogP contribution in [0.2, 0.25) is 0 Å². The molecule has 0 aliphatic rings. The highest BCUT2D eigenvalue weighted by Crippen LogP contribution is 2.36. The molecule has 0 spiro atoms. The van der Waals surface area contributed by atoms with E-state index >= 15 is 0 Å². The second kappa shape index (κ2) is 9.67. The number of nitrogens with one attached hydrogen (secondary N) is 1. The molecule has 0 bridgehead atoms. The van der Waals surface area contributed by atoms with Gasteiger partial charge in [0.25, 0.3) is 0 Å². The third-order valence-electron chi connectivity index (χ3n) is 5.03. The van der Waals surface area contributed by atoms with Gasteiger partial charge in [0.15, 0.2) is 0 Å². The fourth-order valence-corrected chi connectivity index (χ4v) is 3.34. The van der Waals surface area contributed by atoms with Gasteiger partial charge in [-0.1, -0.05) is 0 Å². The average Bonchev–Trinajstić information content (AvgIpc) is 2.85. The number of anilines is 4. The molecule has 0 radical (unpaired) electrons. The van der Waals surface area contributed by atoms with E-state index in [-0.39, 0.29) is 0 Å². The molecular formula is C26H25N3O2. The van der Waals surface area contributed by atoms with Crippen molar-refractivity contribution in [1.29, 1.82) is 0 Å². The summed E-state index contributed by atoms with van der Waals surface area (Å²) in [6.07, 6.45) is 3.61. The zero-order chi connectivity index (χ0) is 21.5. The van der Waals surface area contributed by atoms with E-state index in [1.165, 1.54) is 5.56 Å². The second-order valence-corrected chi connectivity index (χ2v) is 6.99. The Labute approximate surface area is 182 Å². The van der Waals surface area contributed by atoms with Crippen molar-refractivity contribution in [3.8, 4) is 11.5 Å². The maximum Gasteiger partial charge on any atom is 0.119 e. The molecule has 0 amide bonds. The minimum absolute atomic E-state index is 0.753. The smallest absolute Gasteiger partial charge is 0.119 e. The summed E-state index contributed by atoms with van der Waals surface area (Å²) in [5.74, 6) is 1.66. The third kappa shape index (κ3) is 4.95. The van der Waals surface area contributed by atoms with Gasteiger partial charge in [-0.3, -0.25) is 4.98 Å². The van der Waals surface area contributed by atoms with Gasteiger partial charge in [0.1, 0.15) is 11.5 Å². The Bertz CT molecular complexity index is 1030. The van der Waals surface area contributed by atoms with Crippen molar-refractivity contribution >= 4 is 22.7 Å². The molecule has 0 fully saturated rings. The number of rotatable bonds is 8. The molecule has 1 aromatic heterocycles. The number of ether oxygens (including phenoxy) is 2. The maximum absolute atomic E-state index is 5.32. The van der Waals surface area contributed by atoms with Crippen molar-refractivity contribution in [3.63, 3.8) is 0 Å². The van der Waals surface area contributed by atoms with Crippen molar-refractivity contribution in [2.45, 2.75) is 6.54 Å². The summed E-state index contributed by atoms with van der Waals surface area (Å²) < 4.78 is 10.6. The Kier molecular flexibility index (Phi) is 6.33. The number of aromatic nitrogens is 1. The molecule has 31 heavy (non-hydrogen) atoms. The average molecular weight is 412 g/mol. The van der Waals surface area contributed by atoms with E-state index in [9.17, 15) is 0 Å². The van der Waals surface area contributed by atoms with Crippen LogP contribution < -0.4 is 19.7 Å². The lowest BCUT2D eigenvalue weighted by atomic mass is 10.1. The fourth-order valence-electron chi connectivity index (χ4n) is 3.34. The van der Waals surface area contributed by atoms with E-state index in [4.69, 9.17) is 9.47 Å². The third-order valence-corrected chi connectivity index (χ3v) is 5.03. The molecule has 3 aromatic carbocycles. The van der Waals surface area contributed by atoms with Crippen molar-refractivity contribution in [2.75, 3.05) is 24.4 Å². The lowest BCUT2D eigenvalue weighted by Crippen LogP contribution is -2.10. The predicted molar refractivity (Wildman–Crippen MR) is 126 cm³/mol. The van der Waals surface area contributed by atoms with Gasteiger partial charge in [0, 0.05) is 41.7 Å². The minimum atomic E-state index is 0.753. The summed E-state index contributed by atoms with van der Waals surface area (Å²) >= 11 is 0. The Hall–Kier alpha value is -3.99. The number of hydrogen-bond acceptors (Lipinski definition) is 5. The lowest BCUT2D eigenvalue weighted by Gasteiger charge is -2.26. The second-order valence-electron chi connectivity index (χ2n) is 6.99. The van der Waals surface area contributed by atoms with Crippen LogP contribution in [0.5, 0.6) is 11.5 Å². The maximum atomic E-state index is 5.32. The van der Waals surface area contributed by atoms with Gasteiger partial charge in [-0.2, -0.15) is 0 Å². The van der Waals surface area contributed by atoms with Gasteiger partial charge in [0.05, 0.1) is 14.2 Å². The lowest BCUT2D eigenvalue weighted by molar-refractivity contribution is 0.415. The molecule has 156 valence electrons. The first-order valence-electron chi connectivity index (χ1n) is 10.1. The van der Waals surface area contributed by atoms with Gasteiger partial charge in [-0.15, -0.1) is 0 Å². The Morgan fingerprint density at radius 2 is 1.10 bits per heavy atom. The number of nitrogens with zero attached hydrogens (tertiary/aromatic N) is 2. The van der Waals surface area contributed by atoms with Crippen molar-refractivity contribution in [2.24, 2.45) is 0 Å². The zero-order valence-electron chi connectivity index (χ0n) is 17.7. The molecule has 0 saturated carbocycles. The first-order chi connectivity index (χ1) is 15.3. The Morgan fingerprint density at radius 1 is 0.645 bits per heavy atom. The molecule has 0 atom stereocenters. The summed E-state index contributed by atoms with van der Waals surface area (Å²) in [4.78, 5) is 6.26. The van der Waals surface area contributed by atoms with Crippen LogP contribution in [0.25, 0.3) is 0 Å². The molecule has 5 nitrogen and oxygen atoms in total. The summed E-state index contributed by atoms with van der Waals surface area (Å²) in [5, 5.41) is 3.46. The minimum Gasteiger partial charge on any atom is -0.497 e. The highest BCUT2D eigenvalue weighted by atomic mass is 16.5. The normalized spacial score (nSPS) is 10.4. The van der Waals surface area contributed by atoms with E-state index in [0.717, 1.165) is 40.8 Å². The first kappa shape index (κ1) is 20.3. The number of pyridine rings is 1. The predicted octanol–water partition coefficient (Wildman–Crippen LogP) is 6.18. The number of hydrogen-bond donors (Lipinski definition) is 1. The molecule has 0 unspecified atom stereocenters. The summed E-state index contributed by atoms with van der Waals surface area (Å²) in [5.41, 5.74) is 5.40. The topological polar surface area (TPSA) is 46.6 Å². The summed E-state index contributed by atoms with van der Waals surface area (Å²) in [7, 11) is 3.35. The van der Waals surface area contributed by atoms with Gasteiger partial charge < -0.3 is 19.7 Å². The SMILES string of the molecule is COc1ccc(N(c2ccc(NCc3ccncc3)cc2)c2ccc(OC)cc2)cc1. The van der Waals surface area contributed by atoms with Crippen LogP contribution in [0, 0.1) is 0 Å². The molecule has 1 heterocycles. The quantitative estimate of drug-likeness (QED) is 0.375. The van der Waals surface area contributed by atoms with Crippen LogP contribution in [0.3, 0.4) is 0 Å². The van der Waals surface area contributed by atoms with Crippen LogP contribution in [0.15, 0.2) is 97.3 Å². The molecule has 5 heteroatoms. The largest absolute Gasteiger partial charge is 0.497 e.